The molecule has 0 aromatic heterocycles. The number of aliphatic hydroxyl groups is 1. The van der Waals surface area contributed by atoms with Crippen molar-refractivity contribution in [1.82, 2.24) is 10.6 Å². The maximum Gasteiger partial charge on any atom is 0.302 e. The van der Waals surface area contributed by atoms with Crippen molar-refractivity contribution in [3.8, 4) is 0 Å². The first kappa shape index (κ1) is 35.2. The van der Waals surface area contributed by atoms with E-state index in [0.29, 0.717) is 23.4 Å². The van der Waals surface area contributed by atoms with E-state index in [9.17, 15) is 9.90 Å². The number of fused-ring (bicyclic) bond motifs is 5. The fraction of sp³-hybridized carbons (Fsp3) is 0.973. The summed E-state index contributed by atoms with van der Waals surface area (Å²) in [6.45, 7) is 15.7. The minimum atomic E-state index is -0.236. The molecule has 0 aromatic rings. The van der Waals surface area contributed by atoms with Crippen molar-refractivity contribution >= 4 is 5.97 Å². The standard InChI is InChI=1S/C37H69N3O3/c1-26(23-35(31(24-41)27(2)25-43-28(3)42)40-22-9-8-20-39-21-10-19-38)32-14-15-33-30-13-12-29-11-6-7-17-36(29,4)34(30)16-18-37(32,33)5/h26-27,29-35,39-41H,6-25,38H2,1-5H3/t26-,27?,29?,30+,31+,32-,33+,34+,35?,36+,37-/m1/s1. The van der Waals surface area contributed by atoms with E-state index in [4.69, 9.17) is 10.5 Å². The van der Waals surface area contributed by atoms with Crippen LogP contribution in [0, 0.1) is 58.2 Å². The van der Waals surface area contributed by atoms with Gasteiger partial charge in [0.05, 0.1) is 6.61 Å². The Morgan fingerprint density at radius 3 is 2.42 bits per heavy atom. The number of hydrogen-bond acceptors (Lipinski definition) is 6. The van der Waals surface area contributed by atoms with E-state index in [0.717, 1.165) is 81.5 Å². The first-order valence-electron chi connectivity index (χ1n) is 18.5. The zero-order valence-corrected chi connectivity index (χ0v) is 28.7. The minimum absolute atomic E-state index is 0.0757. The molecule has 6 heteroatoms. The van der Waals surface area contributed by atoms with E-state index in [1.165, 1.54) is 71.1 Å². The first-order valence-corrected chi connectivity index (χ1v) is 18.5. The Kier molecular flexibility index (Phi) is 13.3. The highest BCUT2D eigenvalue weighted by atomic mass is 16.5. The molecule has 6 nitrogen and oxygen atoms in total. The number of unbranched alkanes of at least 4 members (excludes halogenated alkanes) is 1. The molecule has 0 amide bonds. The minimum Gasteiger partial charge on any atom is -0.466 e. The molecule has 4 fully saturated rings. The second-order valence-electron chi connectivity index (χ2n) is 16.1. The maximum atomic E-state index is 11.6. The summed E-state index contributed by atoms with van der Waals surface area (Å²) in [5.74, 6) is 5.11. The number of esters is 1. The zero-order valence-electron chi connectivity index (χ0n) is 28.7. The number of ether oxygens (including phenoxy) is 1. The highest BCUT2D eigenvalue weighted by Gasteiger charge is 2.60. The molecule has 0 saturated heterocycles. The molecule has 4 saturated carbocycles. The van der Waals surface area contributed by atoms with Crippen LogP contribution in [0.1, 0.15) is 125 Å². The fourth-order valence-electron chi connectivity index (χ4n) is 11.3. The molecule has 3 unspecified atom stereocenters. The molecule has 4 aliphatic carbocycles. The van der Waals surface area contributed by atoms with Gasteiger partial charge in [-0.2, -0.15) is 0 Å². The van der Waals surface area contributed by atoms with Gasteiger partial charge in [-0.05, 0) is 155 Å². The molecule has 11 atom stereocenters. The third-order valence-electron chi connectivity index (χ3n) is 13.7. The van der Waals surface area contributed by atoms with Gasteiger partial charge in [0.15, 0.2) is 0 Å². The average Bonchev–Trinajstić information content (AvgIpc) is 3.34. The number of hydrogen-bond donors (Lipinski definition) is 4. The van der Waals surface area contributed by atoms with Crippen molar-refractivity contribution in [3.63, 3.8) is 0 Å². The van der Waals surface area contributed by atoms with E-state index in [-0.39, 0.29) is 30.5 Å². The second-order valence-corrected chi connectivity index (χ2v) is 16.1. The summed E-state index contributed by atoms with van der Waals surface area (Å²) in [4.78, 5) is 11.6. The summed E-state index contributed by atoms with van der Waals surface area (Å²) in [7, 11) is 0. The number of nitrogens with two attached hydrogens (primary N) is 1. The number of carbonyl (C=O) groups is 1. The van der Waals surface area contributed by atoms with Crippen molar-refractivity contribution in [2.45, 2.75) is 131 Å². The van der Waals surface area contributed by atoms with Crippen LogP contribution in [0.5, 0.6) is 0 Å². The number of rotatable bonds is 17. The van der Waals surface area contributed by atoms with Crippen molar-refractivity contribution in [1.29, 1.82) is 0 Å². The SMILES string of the molecule is CC(=O)OCC(C)[C@H](CO)C(C[C@@H](C)[C@H]1CC[C@H]2[C@@H]3CCC4CCCC[C@]4(C)[C@H]3CC[C@]12C)NCCCCNCCCN. The van der Waals surface area contributed by atoms with Crippen LogP contribution in [0.15, 0.2) is 0 Å². The fourth-order valence-corrected chi connectivity index (χ4v) is 11.3. The summed E-state index contributed by atoms with van der Waals surface area (Å²) >= 11 is 0. The van der Waals surface area contributed by atoms with Gasteiger partial charge in [-0.25, -0.2) is 0 Å². The van der Waals surface area contributed by atoms with E-state index >= 15 is 0 Å². The lowest BCUT2D eigenvalue weighted by Crippen LogP contribution is -2.53. The molecule has 0 aliphatic heterocycles. The van der Waals surface area contributed by atoms with Crippen LogP contribution in [0.4, 0.5) is 0 Å². The smallest absolute Gasteiger partial charge is 0.302 e. The summed E-state index contributed by atoms with van der Waals surface area (Å²) < 4.78 is 5.42. The molecule has 43 heavy (non-hydrogen) atoms. The van der Waals surface area contributed by atoms with Gasteiger partial charge < -0.3 is 26.2 Å². The summed E-state index contributed by atoms with van der Waals surface area (Å²) in [5.41, 5.74) is 6.68. The van der Waals surface area contributed by atoms with Crippen molar-refractivity contribution in [2.75, 3.05) is 39.4 Å². The molecule has 0 aromatic carbocycles. The molecule has 0 bridgehead atoms. The van der Waals surface area contributed by atoms with Crippen LogP contribution >= 0.6 is 0 Å². The van der Waals surface area contributed by atoms with Gasteiger partial charge in [0.1, 0.15) is 0 Å². The molecular formula is C37H69N3O3. The number of aliphatic hydroxyl groups excluding tert-OH is 1. The molecule has 250 valence electrons. The summed E-state index contributed by atoms with van der Waals surface area (Å²) in [5, 5.41) is 18.0. The van der Waals surface area contributed by atoms with Gasteiger partial charge in [-0.15, -0.1) is 0 Å². The Morgan fingerprint density at radius 2 is 1.67 bits per heavy atom. The Bertz CT molecular complexity index is 855. The van der Waals surface area contributed by atoms with Crippen molar-refractivity contribution in [2.24, 2.45) is 63.9 Å². The Morgan fingerprint density at radius 1 is 0.930 bits per heavy atom. The van der Waals surface area contributed by atoms with Gasteiger partial charge in [0.2, 0.25) is 0 Å². The van der Waals surface area contributed by atoms with Crippen LogP contribution < -0.4 is 16.4 Å². The van der Waals surface area contributed by atoms with Gasteiger partial charge in [-0.3, -0.25) is 4.79 Å². The van der Waals surface area contributed by atoms with E-state index in [2.05, 4.69) is 38.3 Å². The summed E-state index contributed by atoms with van der Waals surface area (Å²) in [6.07, 6.45) is 18.9. The predicted octanol–water partition coefficient (Wildman–Crippen LogP) is 6.55. The molecule has 4 rings (SSSR count). The van der Waals surface area contributed by atoms with Gasteiger partial charge in [0.25, 0.3) is 0 Å². The van der Waals surface area contributed by atoms with E-state index in [1.807, 2.05) is 0 Å². The largest absolute Gasteiger partial charge is 0.466 e. The lowest BCUT2D eigenvalue weighted by atomic mass is 9.44. The third kappa shape index (κ3) is 8.19. The third-order valence-corrected chi connectivity index (χ3v) is 13.7. The second kappa shape index (κ2) is 16.2. The average molecular weight is 604 g/mol. The van der Waals surface area contributed by atoms with Crippen LogP contribution in [-0.4, -0.2) is 56.5 Å². The highest BCUT2D eigenvalue weighted by Crippen LogP contribution is 2.68. The normalized spacial score (nSPS) is 36.6. The van der Waals surface area contributed by atoms with E-state index < -0.39 is 0 Å². The van der Waals surface area contributed by atoms with Gasteiger partial charge >= 0.3 is 5.97 Å². The monoisotopic (exact) mass is 604 g/mol. The van der Waals surface area contributed by atoms with E-state index in [1.54, 1.807) is 0 Å². The Balaban J connectivity index is 1.40. The van der Waals surface area contributed by atoms with Crippen LogP contribution in [0.3, 0.4) is 0 Å². The number of nitrogens with one attached hydrogen (secondary N) is 2. The van der Waals surface area contributed by atoms with Crippen LogP contribution in [0.2, 0.25) is 0 Å². The highest BCUT2D eigenvalue weighted by molar-refractivity contribution is 5.65. The molecule has 0 radical (unpaired) electrons. The van der Waals surface area contributed by atoms with Crippen LogP contribution in [0.25, 0.3) is 0 Å². The Labute approximate surface area is 264 Å². The quantitative estimate of drug-likeness (QED) is 0.111. The predicted molar refractivity (Wildman–Crippen MR) is 178 cm³/mol. The molecular weight excluding hydrogens is 534 g/mol. The molecule has 4 aliphatic rings. The van der Waals surface area contributed by atoms with Gasteiger partial charge in [0, 0.05) is 25.5 Å². The summed E-state index contributed by atoms with van der Waals surface area (Å²) in [6, 6.07) is 0.228. The number of carbonyl (C=O) groups excluding carboxylic acids is 1. The molecule has 0 spiro atoms. The zero-order chi connectivity index (χ0) is 31.0. The maximum absolute atomic E-state index is 11.6. The van der Waals surface area contributed by atoms with Crippen molar-refractivity contribution < 1.29 is 14.6 Å². The first-order chi connectivity index (χ1) is 20.7. The topological polar surface area (TPSA) is 96.6 Å². The molecule has 0 heterocycles. The Hall–Kier alpha value is -0.690. The van der Waals surface area contributed by atoms with Crippen LogP contribution in [-0.2, 0) is 9.53 Å². The van der Waals surface area contributed by atoms with Gasteiger partial charge in [-0.1, -0.05) is 40.5 Å². The van der Waals surface area contributed by atoms with Crippen molar-refractivity contribution in [3.05, 3.63) is 0 Å². The lowest BCUT2D eigenvalue weighted by molar-refractivity contribution is -0.143. The lowest BCUT2D eigenvalue weighted by Gasteiger charge is -2.61. The molecule has 5 N–H and O–H groups in total.